The van der Waals surface area contributed by atoms with Crippen LogP contribution in [0.25, 0.3) is 10.2 Å². The van der Waals surface area contributed by atoms with Gasteiger partial charge in [-0.05, 0) is 84.1 Å². The van der Waals surface area contributed by atoms with Crippen LogP contribution in [-0.4, -0.2) is 51.2 Å². The summed E-state index contributed by atoms with van der Waals surface area (Å²) in [6.45, 7) is 10.2. The van der Waals surface area contributed by atoms with Gasteiger partial charge in [-0.25, -0.2) is 14.8 Å². The molecule has 192 valence electrons. The van der Waals surface area contributed by atoms with Gasteiger partial charge in [0.15, 0.2) is 0 Å². The summed E-state index contributed by atoms with van der Waals surface area (Å²) in [6.07, 6.45) is 7.57. The van der Waals surface area contributed by atoms with Gasteiger partial charge in [-0.1, -0.05) is 6.92 Å². The van der Waals surface area contributed by atoms with Crippen LogP contribution in [0.1, 0.15) is 89.5 Å². The second-order valence-electron chi connectivity index (χ2n) is 10.9. The second-order valence-corrected chi connectivity index (χ2v) is 12.0. The van der Waals surface area contributed by atoms with E-state index in [1.165, 1.54) is 10.4 Å². The lowest BCUT2D eigenvalue weighted by Gasteiger charge is -2.37. The number of fused-ring (bicyclic) bond motifs is 3. The van der Waals surface area contributed by atoms with Gasteiger partial charge in [-0.3, -0.25) is 4.79 Å². The van der Waals surface area contributed by atoms with Crippen molar-refractivity contribution in [2.24, 2.45) is 11.7 Å². The number of carbonyl (C=O) groups excluding carboxylic acids is 2. The average molecular weight is 503 g/mol. The number of ether oxygens (including phenoxy) is 2. The lowest BCUT2D eigenvalue weighted by atomic mass is 9.90. The highest BCUT2D eigenvalue weighted by Crippen LogP contribution is 2.48. The fourth-order valence-electron chi connectivity index (χ4n) is 5.40. The Balaban J connectivity index is 1.46. The Kier molecular flexibility index (Phi) is 7.54. The molecule has 1 fully saturated rings. The molecule has 0 spiro atoms. The van der Waals surface area contributed by atoms with E-state index < -0.39 is 5.60 Å². The molecule has 35 heavy (non-hydrogen) atoms. The van der Waals surface area contributed by atoms with Crippen molar-refractivity contribution in [3.8, 4) is 5.88 Å². The Hall–Kier alpha value is -2.42. The molecule has 1 saturated carbocycles. The summed E-state index contributed by atoms with van der Waals surface area (Å²) in [4.78, 5) is 37.5. The quantitative estimate of drug-likeness (QED) is 0.559. The zero-order valence-electron chi connectivity index (χ0n) is 21.5. The molecule has 2 aliphatic carbocycles. The van der Waals surface area contributed by atoms with Crippen LogP contribution < -0.4 is 10.5 Å². The number of aromatic nitrogens is 2. The summed E-state index contributed by atoms with van der Waals surface area (Å²) in [5.41, 5.74) is 6.30. The third kappa shape index (κ3) is 5.71. The van der Waals surface area contributed by atoms with Crippen molar-refractivity contribution >= 4 is 33.6 Å². The summed E-state index contributed by atoms with van der Waals surface area (Å²) in [6, 6.07) is 0.158. The minimum atomic E-state index is -0.503. The van der Waals surface area contributed by atoms with E-state index in [0.717, 1.165) is 55.2 Å². The summed E-state index contributed by atoms with van der Waals surface area (Å²) in [7, 11) is 0. The highest BCUT2D eigenvalue weighted by Gasteiger charge is 2.34. The number of primary amides is 1. The van der Waals surface area contributed by atoms with Gasteiger partial charge < -0.3 is 20.1 Å². The molecular formula is C26H38N4O4S. The molecule has 0 aromatic carbocycles. The minimum Gasteiger partial charge on any atom is -0.474 e. The molecule has 0 unspecified atom stereocenters. The molecule has 0 aliphatic heterocycles. The van der Waals surface area contributed by atoms with Crippen LogP contribution in [0.15, 0.2) is 6.33 Å². The Morgan fingerprint density at radius 2 is 1.91 bits per heavy atom. The molecule has 8 nitrogen and oxygen atoms in total. The molecule has 0 bridgehead atoms. The van der Waals surface area contributed by atoms with Crippen LogP contribution in [0.2, 0.25) is 0 Å². The van der Waals surface area contributed by atoms with Crippen molar-refractivity contribution in [1.82, 2.24) is 14.9 Å². The normalized spacial score (nSPS) is 23.1. The SMILES string of the molecule is CCN(C(=O)OC(C)(C)C)C1CCC(Oc2ncnc3sc4c(c23)[C@@H](C[C@H](C)C(N)=O)CC4)CC1. The van der Waals surface area contributed by atoms with E-state index in [9.17, 15) is 9.59 Å². The van der Waals surface area contributed by atoms with Crippen LogP contribution in [0.3, 0.4) is 0 Å². The predicted octanol–water partition coefficient (Wildman–Crippen LogP) is 5.18. The zero-order valence-corrected chi connectivity index (χ0v) is 22.3. The van der Waals surface area contributed by atoms with Gasteiger partial charge in [0.05, 0.1) is 5.39 Å². The summed E-state index contributed by atoms with van der Waals surface area (Å²) in [5.74, 6) is 0.498. The van der Waals surface area contributed by atoms with E-state index in [-0.39, 0.29) is 36.0 Å². The molecule has 9 heteroatoms. The monoisotopic (exact) mass is 502 g/mol. The topological polar surface area (TPSA) is 108 Å². The maximum absolute atomic E-state index is 12.7. The molecule has 2 aliphatic rings. The first kappa shape index (κ1) is 25.7. The van der Waals surface area contributed by atoms with Crippen molar-refractivity contribution in [2.45, 2.75) is 103 Å². The zero-order chi connectivity index (χ0) is 25.3. The first-order valence-corrected chi connectivity index (χ1v) is 13.6. The molecule has 2 amide bonds. The van der Waals surface area contributed by atoms with Gasteiger partial charge >= 0.3 is 6.09 Å². The van der Waals surface area contributed by atoms with E-state index in [2.05, 4.69) is 9.97 Å². The van der Waals surface area contributed by atoms with Crippen LogP contribution in [0.4, 0.5) is 4.79 Å². The lowest BCUT2D eigenvalue weighted by Crippen LogP contribution is -2.45. The van der Waals surface area contributed by atoms with Crippen LogP contribution >= 0.6 is 11.3 Å². The third-order valence-corrected chi connectivity index (χ3v) is 8.32. The summed E-state index contributed by atoms with van der Waals surface area (Å²) in [5, 5.41) is 1.01. The highest BCUT2D eigenvalue weighted by atomic mass is 32.1. The van der Waals surface area contributed by atoms with Crippen LogP contribution in [0, 0.1) is 5.92 Å². The third-order valence-electron chi connectivity index (χ3n) is 7.15. The predicted molar refractivity (Wildman–Crippen MR) is 137 cm³/mol. The smallest absolute Gasteiger partial charge is 0.410 e. The largest absolute Gasteiger partial charge is 0.474 e. The van der Waals surface area contributed by atoms with Crippen LogP contribution in [-0.2, 0) is 16.0 Å². The molecule has 2 aromatic heterocycles. The first-order chi connectivity index (χ1) is 16.6. The molecule has 4 rings (SSSR count). The van der Waals surface area contributed by atoms with Gasteiger partial charge in [0.25, 0.3) is 0 Å². The van der Waals surface area contributed by atoms with Gasteiger partial charge in [0.2, 0.25) is 11.8 Å². The Morgan fingerprint density at radius 3 is 2.54 bits per heavy atom. The fourth-order valence-corrected chi connectivity index (χ4v) is 6.63. The maximum atomic E-state index is 12.7. The summed E-state index contributed by atoms with van der Waals surface area (Å²) < 4.78 is 12.1. The van der Waals surface area contributed by atoms with Crippen LogP contribution in [0.5, 0.6) is 5.88 Å². The molecule has 2 atom stereocenters. The standard InChI is InChI=1S/C26H38N4O4S/c1-6-30(25(32)34-26(3,4)5)17-8-10-18(11-9-17)33-23-21-20-16(13-15(2)22(27)31)7-12-19(20)35-24(21)29-14-28-23/h14-18H,6-13H2,1-5H3,(H2,27,31)/t15-,16+,17?,18?/m0/s1. The molecule has 2 aromatic rings. The van der Waals surface area contributed by atoms with Crippen molar-refractivity contribution in [2.75, 3.05) is 6.54 Å². The molecular weight excluding hydrogens is 464 g/mol. The Morgan fingerprint density at radius 1 is 1.20 bits per heavy atom. The number of nitrogens with two attached hydrogens (primary N) is 1. The minimum absolute atomic E-state index is 0.0432. The van der Waals surface area contributed by atoms with Crippen molar-refractivity contribution in [3.05, 3.63) is 16.8 Å². The molecule has 2 heterocycles. The van der Waals surface area contributed by atoms with E-state index in [1.54, 1.807) is 17.7 Å². The number of rotatable bonds is 7. The van der Waals surface area contributed by atoms with Gasteiger partial charge in [-0.15, -0.1) is 11.3 Å². The maximum Gasteiger partial charge on any atom is 0.410 e. The second kappa shape index (κ2) is 10.3. The Labute approximate surface area is 211 Å². The number of thiophene rings is 1. The van der Waals surface area contributed by atoms with E-state index >= 15 is 0 Å². The number of hydrogen-bond acceptors (Lipinski definition) is 7. The number of carbonyl (C=O) groups is 2. The fraction of sp³-hybridized carbons (Fsp3) is 0.692. The van der Waals surface area contributed by atoms with Gasteiger partial charge in [0, 0.05) is 23.4 Å². The van der Waals surface area contributed by atoms with Gasteiger partial charge in [-0.2, -0.15) is 0 Å². The first-order valence-electron chi connectivity index (χ1n) is 12.8. The molecule has 0 radical (unpaired) electrons. The summed E-state index contributed by atoms with van der Waals surface area (Å²) >= 11 is 1.71. The molecule has 0 saturated heterocycles. The number of aryl methyl sites for hydroxylation is 1. The lowest BCUT2D eigenvalue weighted by molar-refractivity contribution is -0.121. The van der Waals surface area contributed by atoms with Crippen molar-refractivity contribution in [1.29, 1.82) is 0 Å². The number of amides is 2. The number of nitrogens with zero attached hydrogens (tertiary/aromatic N) is 3. The van der Waals surface area contributed by atoms with Crippen molar-refractivity contribution in [3.63, 3.8) is 0 Å². The molecule has 2 N–H and O–H groups in total. The number of hydrogen-bond donors (Lipinski definition) is 1. The Bertz CT molecular complexity index is 1070. The van der Waals surface area contributed by atoms with E-state index in [4.69, 9.17) is 15.2 Å². The van der Waals surface area contributed by atoms with Gasteiger partial charge in [0.1, 0.15) is 22.9 Å². The van der Waals surface area contributed by atoms with E-state index in [0.29, 0.717) is 12.4 Å². The van der Waals surface area contributed by atoms with Crippen molar-refractivity contribution < 1.29 is 19.1 Å². The average Bonchev–Trinajstić information content (AvgIpc) is 3.34. The highest BCUT2D eigenvalue weighted by molar-refractivity contribution is 7.19. The van der Waals surface area contributed by atoms with E-state index in [1.807, 2.05) is 39.5 Å².